The van der Waals surface area contributed by atoms with Gasteiger partial charge >= 0.3 is 6.18 Å². The van der Waals surface area contributed by atoms with Crippen LogP contribution >= 0.6 is 11.8 Å². The Hall–Kier alpha value is -3.45. The van der Waals surface area contributed by atoms with Gasteiger partial charge in [-0.1, -0.05) is 23.9 Å². The Morgan fingerprint density at radius 1 is 1.11 bits per heavy atom. The van der Waals surface area contributed by atoms with Gasteiger partial charge in [0.15, 0.2) is 28.1 Å². The molecule has 0 saturated carbocycles. The number of aryl methyl sites for hydroxylation is 1. The first-order chi connectivity index (χ1) is 16.5. The summed E-state index contributed by atoms with van der Waals surface area (Å²) in [5.41, 5.74) is -3.19. The molecular formula is C22H18F5N5O2S. The van der Waals surface area contributed by atoms with Crippen LogP contribution in [0.1, 0.15) is 17.3 Å². The number of hydrogen-bond donors (Lipinski definition) is 4. The number of aromatic amines is 1. The number of nitrogens with one attached hydrogen (secondary N) is 2. The summed E-state index contributed by atoms with van der Waals surface area (Å²) in [6.07, 6.45) is -4.22. The number of nitrogens with zero attached hydrogens (tertiary/aromatic N) is 3. The van der Waals surface area contributed by atoms with Gasteiger partial charge in [-0.05, 0) is 37.3 Å². The summed E-state index contributed by atoms with van der Waals surface area (Å²) in [7, 11) is 0. The molecule has 4 rings (SSSR count). The van der Waals surface area contributed by atoms with Crippen molar-refractivity contribution in [1.29, 1.82) is 0 Å². The minimum Gasteiger partial charge on any atom is -0.503 e. The van der Waals surface area contributed by atoms with Gasteiger partial charge in [0, 0.05) is 28.1 Å². The quantitative estimate of drug-likeness (QED) is 0.207. The van der Waals surface area contributed by atoms with Crippen molar-refractivity contribution in [2.75, 3.05) is 11.1 Å². The molecule has 13 heteroatoms. The van der Waals surface area contributed by atoms with E-state index in [1.54, 1.807) is 25.1 Å². The molecule has 184 valence electrons. The number of rotatable bonds is 7. The maximum absolute atomic E-state index is 15.0. The van der Waals surface area contributed by atoms with Crippen LogP contribution in [0.3, 0.4) is 0 Å². The fraction of sp³-hybridized carbons (Fsp3) is 0.227. The van der Waals surface area contributed by atoms with Crippen molar-refractivity contribution >= 4 is 28.4 Å². The Bertz CT molecular complexity index is 1350. The maximum Gasteiger partial charge on any atom is 0.420 e. The molecule has 0 fully saturated rings. The van der Waals surface area contributed by atoms with Gasteiger partial charge in [-0.2, -0.15) is 18.3 Å². The number of aromatic hydroxyl groups is 1. The van der Waals surface area contributed by atoms with Crippen LogP contribution in [0, 0.1) is 18.6 Å². The maximum atomic E-state index is 15.0. The smallest absolute Gasteiger partial charge is 0.420 e. The molecule has 2 atom stereocenters. The Morgan fingerprint density at radius 2 is 1.89 bits per heavy atom. The van der Waals surface area contributed by atoms with Crippen LogP contribution in [0.15, 0.2) is 53.9 Å². The van der Waals surface area contributed by atoms with Crippen LogP contribution in [0.2, 0.25) is 0 Å². The first-order valence-corrected chi connectivity index (χ1v) is 11.1. The number of anilines is 1. The summed E-state index contributed by atoms with van der Waals surface area (Å²) in [5, 5.41) is 29.8. The Labute approximate surface area is 199 Å². The normalized spacial score (nSPS) is 14.6. The van der Waals surface area contributed by atoms with Crippen molar-refractivity contribution in [2.45, 2.75) is 29.9 Å². The molecule has 7 nitrogen and oxygen atoms in total. The van der Waals surface area contributed by atoms with E-state index in [1.807, 2.05) is 0 Å². The summed E-state index contributed by atoms with van der Waals surface area (Å²) in [4.78, 5) is 8.06. The number of benzene rings is 2. The number of pyridine rings is 1. The van der Waals surface area contributed by atoms with E-state index in [9.17, 15) is 32.2 Å². The van der Waals surface area contributed by atoms with Crippen LogP contribution in [0.5, 0.6) is 5.75 Å². The van der Waals surface area contributed by atoms with Crippen molar-refractivity contribution < 1.29 is 32.2 Å². The highest BCUT2D eigenvalue weighted by Gasteiger charge is 2.60. The lowest BCUT2D eigenvalue weighted by Crippen LogP contribution is -2.55. The Morgan fingerprint density at radius 3 is 2.57 bits per heavy atom. The molecule has 0 amide bonds. The number of H-pyrrole nitrogens is 1. The van der Waals surface area contributed by atoms with E-state index < -0.39 is 46.5 Å². The van der Waals surface area contributed by atoms with Gasteiger partial charge in [0.1, 0.15) is 6.33 Å². The number of fused-ring (bicyclic) bond motifs is 1. The number of phenolic OH excluding ortho intramolecular Hbond substituents is 1. The van der Waals surface area contributed by atoms with Crippen molar-refractivity contribution in [3.8, 4) is 5.75 Å². The molecule has 0 radical (unpaired) electrons. The fourth-order valence-electron chi connectivity index (χ4n) is 3.54. The molecule has 2 aromatic carbocycles. The zero-order chi connectivity index (χ0) is 25.4. The number of phenols is 1. The van der Waals surface area contributed by atoms with Crippen LogP contribution < -0.4 is 5.32 Å². The molecule has 0 aliphatic carbocycles. The predicted molar refractivity (Wildman–Crippen MR) is 119 cm³/mol. The number of halogens is 5. The second-order valence-electron chi connectivity index (χ2n) is 7.70. The van der Waals surface area contributed by atoms with E-state index in [-0.39, 0.29) is 10.8 Å². The SMILES string of the molecule is Cc1ccc2c(N[C@H](c3ccc(F)c(O)c3F)[C@](O)(CSc3ncn[nH]3)C(F)(F)F)cccc2n1. The highest BCUT2D eigenvalue weighted by atomic mass is 32.2. The van der Waals surface area contributed by atoms with Crippen molar-refractivity contribution in [3.05, 3.63) is 71.7 Å². The minimum absolute atomic E-state index is 0.0151. The Kier molecular flexibility index (Phi) is 6.56. The molecule has 2 heterocycles. The van der Waals surface area contributed by atoms with Crippen LogP contribution in [0.4, 0.5) is 27.6 Å². The average molecular weight is 511 g/mol. The average Bonchev–Trinajstić information content (AvgIpc) is 3.33. The van der Waals surface area contributed by atoms with E-state index in [0.717, 1.165) is 12.4 Å². The summed E-state index contributed by atoms with van der Waals surface area (Å²) >= 11 is 0.503. The topological polar surface area (TPSA) is 107 Å². The zero-order valence-electron chi connectivity index (χ0n) is 17.9. The molecule has 35 heavy (non-hydrogen) atoms. The van der Waals surface area contributed by atoms with Crippen LogP contribution in [-0.2, 0) is 0 Å². The second-order valence-corrected chi connectivity index (χ2v) is 8.67. The lowest BCUT2D eigenvalue weighted by Gasteiger charge is -2.38. The van der Waals surface area contributed by atoms with Gasteiger partial charge in [-0.15, -0.1) is 0 Å². The highest BCUT2D eigenvalue weighted by Crippen LogP contribution is 2.46. The van der Waals surface area contributed by atoms with E-state index >= 15 is 0 Å². The molecule has 0 aliphatic rings. The van der Waals surface area contributed by atoms with Gasteiger partial charge in [0.05, 0.1) is 11.6 Å². The summed E-state index contributed by atoms with van der Waals surface area (Å²) in [6, 6.07) is 7.02. The van der Waals surface area contributed by atoms with Crippen molar-refractivity contribution in [1.82, 2.24) is 20.2 Å². The number of alkyl halides is 3. The third kappa shape index (κ3) is 4.73. The van der Waals surface area contributed by atoms with Gasteiger partial charge in [-0.25, -0.2) is 13.8 Å². The van der Waals surface area contributed by atoms with Gasteiger partial charge < -0.3 is 15.5 Å². The third-order valence-corrected chi connectivity index (χ3v) is 6.42. The van der Waals surface area contributed by atoms with Gasteiger partial charge in [-0.3, -0.25) is 10.1 Å². The molecule has 4 N–H and O–H groups in total. The molecule has 2 aromatic heterocycles. The van der Waals surface area contributed by atoms with Crippen molar-refractivity contribution in [2.24, 2.45) is 0 Å². The van der Waals surface area contributed by atoms with E-state index in [0.29, 0.717) is 34.4 Å². The number of thioether (sulfide) groups is 1. The lowest BCUT2D eigenvalue weighted by atomic mass is 9.88. The number of aliphatic hydroxyl groups is 1. The molecule has 0 saturated heterocycles. The lowest BCUT2D eigenvalue weighted by molar-refractivity contribution is -0.256. The molecular weight excluding hydrogens is 493 g/mol. The summed E-state index contributed by atoms with van der Waals surface area (Å²) in [5.74, 6) is -5.49. The van der Waals surface area contributed by atoms with E-state index in [2.05, 4.69) is 25.5 Å². The minimum atomic E-state index is -5.30. The van der Waals surface area contributed by atoms with Crippen molar-refractivity contribution in [3.63, 3.8) is 0 Å². The molecule has 0 bridgehead atoms. The standard InChI is InChI=1S/C22H18F5N5O2S/c1-11-5-6-12-15(30-11)3-2-4-16(12)31-19(13-7-8-14(23)18(33)17(13)24)21(34,22(25,26)27)9-35-20-28-10-29-32-20/h2-8,10,19,31,33-34H,9H2,1H3,(H,28,29,32)/t19-,21-/m1/s1. The molecule has 0 aliphatic heterocycles. The molecule has 4 aromatic rings. The van der Waals surface area contributed by atoms with Crippen LogP contribution in [0.25, 0.3) is 10.9 Å². The monoisotopic (exact) mass is 511 g/mol. The molecule has 0 unspecified atom stereocenters. The third-order valence-electron chi connectivity index (χ3n) is 5.37. The predicted octanol–water partition coefficient (Wildman–Crippen LogP) is 4.88. The molecule has 0 spiro atoms. The largest absolute Gasteiger partial charge is 0.503 e. The van der Waals surface area contributed by atoms with E-state index in [4.69, 9.17) is 0 Å². The first kappa shape index (κ1) is 24.7. The van der Waals surface area contributed by atoms with Gasteiger partial charge in [0.2, 0.25) is 0 Å². The zero-order valence-corrected chi connectivity index (χ0v) is 18.8. The van der Waals surface area contributed by atoms with Crippen LogP contribution in [-0.4, -0.2) is 47.9 Å². The van der Waals surface area contributed by atoms with Gasteiger partial charge in [0.25, 0.3) is 0 Å². The summed E-state index contributed by atoms with van der Waals surface area (Å²) in [6.45, 7) is 1.74. The Balaban J connectivity index is 1.88. The highest BCUT2D eigenvalue weighted by molar-refractivity contribution is 7.99. The second kappa shape index (κ2) is 9.30. The number of aromatic nitrogens is 4. The van der Waals surface area contributed by atoms with E-state index in [1.165, 1.54) is 12.1 Å². The first-order valence-electron chi connectivity index (χ1n) is 10.1. The summed E-state index contributed by atoms with van der Waals surface area (Å²) < 4.78 is 72.0. The number of hydrogen-bond acceptors (Lipinski definition) is 7. The fourth-order valence-corrected chi connectivity index (χ4v) is 4.47.